The fraction of sp³-hybridized carbons (Fsp3) is 0.364. The molecule has 16 heavy (non-hydrogen) atoms. The highest BCUT2D eigenvalue weighted by Gasteiger charge is 2.33. The van der Waals surface area contributed by atoms with Gasteiger partial charge in [0.15, 0.2) is 0 Å². The molecule has 0 N–H and O–H groups in total. The van der Waals surface area contributed by atoms with Crippen molar-refractivity contribution in [2.45, 2.75) is 26.7 Å². The van der Waals surface area contributed by atoms with Crippen LogP contribution in [0.1, 0.15) is 23.1 Å². The molecule has 0 aliphatic carbocycles. The molecule has 2 rings (SSSR count). The number of nitrogens with zero attached hydrogens (tertiary/aromatic N) is 1. The fourth-order valence-corrected chi connectivity index (χ4v) is 2.44. The molecule has 86 valence electrons. The number of alkyl halides is 2. The summed E-state index contributed by atoms with van der Waals surface area (Å²) in [5.74, 6) is -3.34. The Morgan fingerprint density at radius 1 is 1.31 bits per heavy atom. The number of aryl methyl sites for hydroxylation is 1. The summed E-state index contributed by atoms with van der Waals surface area (Å²) in [6.07, 6.45) is 0. The molecule has 0 amide bonds. The van der Waals surface area contributed by atoms with Gasteiger partial charge in [-0.2, -0.15) is 8.78 Å². The van der Waals surface area contributed by atoms with Gasteiger partial charge in [-0.25, -0.2) is 0 Å². The first-order valence-electron chi connectivity index (χ1n) is 4.81. The lowest BCUT2D eigenvalue weighted by atomic mass is 10.1. The SMILES string of the molecule is Cc1ccc(-c2noc(C(C)(F)F)c2C)s1. The minimum Gasteiger partial charge on any atom is -0.354 e. The van der Waals surface area contributed by atoms with Crippen molar-refractivity contribution in [2.24, 2.45) is 0 Å². The van der Waals surface area contributed by atoms with Crippen molar-refractivity contribution in [2.75, 3.05) is 0 Å². The van der Waals surface area contributed by atoms with E-state index < -0.39 is 5.92 Å². The van der Waals surface area contributed by atoms with Gasteiger partial charge in [0.1, 0.15) is 5.69 Å². The first kappa shape index (κ1) is 11.3. The van der Waals surface area contributed by atoms with Crippen LogP contribution in [-0.2, 0) is 5.92 Å². The second-order valence-electron chi connectivity index (χ2n) is 3.78. The summed E-state index contributed by atoms with van der Waals surface area (Å²) < 4.78 is 31.0. The van der Waals surface area contributed by atoms with Gasteiger partial charge in [0, 0.05) is 17.4 Å². The molecule has 2 aromatic rings. The zero-order valence-corrected chi connectivity index (χ0v) is 9.99. The highest BCUT2D eigenvalue weighted by molar-refractivity contribution is 7.15. The molecule has 0 radical (unpaired) electrons. The van der Waals surface area contributed by atoms with Gasteiger partial charge in [-0.15, -0.1) is 11.3 Å². The number of rotatable bonds is 2. The number of thiophene rings is 1. The lowest BCUT2D eigenvalue weighted by Gasteiger charge is -2.05. The molecule has 2 aromatic heterocycles. The Kier molecular flexibility index (Phi) is 2.58. The summed E-state index contributed by atoms with van der Waals surface area (Å²) in [7, 11) is 0. The Hall–Kier alpha value is -1.23. The van der Waals surface area contributed by atoms with E-state index in [1.165, 1.54) is 11.3 Å². The van der Waals surface area contributed by atoms with Gasteiger partial charge in [-0.3, -0.25) is 0 Å². The summed E-state index contributed by atoms with van der Waals surface area (Å²) in [6.45, 7) is 4.37. The number of halogens is 2. The van der Waals surface area contributed by atoms with E-state index in [1.54, 1.807) is 6.92 Å². The Morgan fingerprint density at radius 2 is 2.00 bits per heavy atom. The third-order valence-corrected chi connectivity index (χ3v) is 3.30. The Balaban J connectivity index is 2.49. The van der Waals surface area contributed by atoms with Crippen LogP contribution in [0, 0.1) is 13.8 Å². The van der Waals surface area contributed by atoms with Crippen LogP contribution < -0.4 is 0 Å². The zero-order valence-electron chi connectivity index (χ0n) is 9.17. The average Bonchev–Trinajstić information content (AvgIpc) is 2.70. The van der Waals surface area contributed by atoms with Gasteiger partial charge >= 0.3 is 5.92 Å². The Morgan fingerprint density at radius 3 is 2.44 bits per heavy atom. The number of aromatic nitrogens is 1. The highest BCUT2D eigenvalue weighted by atomic mass is 32.1. The van der Waals surface area contributed by atoms with E-state index >= 15 is 0 Å². The molecule has 0 saturated carbocycles. The van der Waals surface area contributed by atoms with Gasteiger partial charge < -0.3 is 4.52 Å². The molecule has 0 aliphatic rings. The van der Waals surface area contributed by atoms with E-state index in [9.17, 15) is 8.78 Å². The maximum atomic E-state index is 13.1. The van der Waals surface area contributed by atoms with Gasteiger partial charge in [0.05, 0.1) is 4.88 Å². The minimum atomic E-state index is -2.98. The maximum Gasteiger partial charge on any atom is 0.304 e. The number of hydrogen-bond acceptors (Lipinski definition) is 3. The standard InChI is InChI=1S/C11H11F2NOS/c1-6-4-5-8(16-6)9-7(2)10(15-14-9)11(3,12)13/h4-5H,1-3H3. The van der Waals surface area contributed by atoms with Crippen LogP contribution in [0.15, 0.2) is 16.7 Å². The molecule has 0 aliphatic heterocycles. The van der Waals surface area contributed by atoms with Crippen LogP contribution in [0.2, 0.25) is 0 Å². The molecule has 0 spiro atoms. The first-order chi connectivity index (χ1) is 7.39. The quantitative estimate of drug-likeness (QED) is 0.792. The second kappa shape index (κ2) is 3.66. The zero-order chi connectivity index (χ0) is 11.9. The van der Waals surface area contributed by atoms with E-state index in [4.69, 9.17) is 4.52 Å². The van der Waals surface area contributed by atoms with Gasteiger partial charge in [0.25, 0.3) is 0 Å². The molecule has 0 atom stereocenters. The van der Waals surface area contributed by atoms with Gasteiger partial charge in [-0.1, -0.05) is 5.16 Å². The molecular formula is C11H11F2NOS. The van der Waals surface area contributed by atoms with Crippen molar-refractivity contribution < 1.29 is 13.3 Å². The Bertz CT molecular complexity index is 510. The minimum absolute atomic E-state index is 0.353. The molecule has 0 saturated heterocycles. The molecule has 0 bridgehead atoms. The van der Waals surface area contributed by atoms with Crippen LogP contribution in [0.5, 0.6) is 0 Å². The van der Waals surface area contributed by atoms with Crippen molar-refractivity contribution >= 4 is 11.3 Å². The maximum absolute atomic E-state index is 13.1. The first-order valence-corrected chi connectivity index (χ1v) is 5.62. The van der Waals surface area contributed by atoms with Crippen molar-refractivity contribution in [1.82, 2.24) is 5.16 Å². The third-order valence-electron chi connectivity index (χ3n) is 2.30. The van der Waals surface area contributed by atoms with Crippen LogP contribution in [0.25, 0.3) is 10.6 Å². The van der Waals surface area contributed by atoms with E-state index in [0.717, 1.165) is 16.7 Å². The normalized spacial score (nSPS) is 12.1. The highest BCUT2D eigenvalue weighted by Crippen LogP contribution is 2.36. The molecule has 5 heteroatoms. The third kappa shape index (κ3) is 1.87. The van der Waals surface area contributed by atoms with Gasteiger partial charge in [0.2, 0.25) is 5.76 Å². The largest absolute Gasteiger partial charge is 0.354 e. The summed E-state index contributed by atoms with van der Waals surface area (Å²) >= 11 is 1.51. The molecule has 2 heterocycles. The van der Waals surface area contributed by atoms with E-state index in [2.05, 4.69) is 5.16 Å². The lowest BCUT2D eigenvalue weighted by molar-refractivity contribution is -0.0112. The summed E-state index contributed by atoms with van der Waals surface area (Å²) in [5, 5.41) is 3.72. The van der Waals surface area contributed by atoms with Crippen LogP contribution >= 0.6 is 11.3 Å². The lowest BCUT2D eigenvalue weighted by Crippen LogP contribution is -2.06. The predicted octanol–water partition coefficient (Wildman–Crippen LogP) is 4.13. The fourth-order valence-electron chi connectivity index (χ4n) is 1.54. The Labute approximate surface area is 95.9 Å². The summed E-state index contributed by atoms with van der Waals surface area (Å²) in [5.41, 5.74) is 0.920. The monoisotopic (exact) mass is 243 g/mol. The molecular weight excluding hydrogens is 232 g/mol. The summed E-state index contributed by atoms with van der Waals surface area (Å²) in [6, 6.07) is 3.79. The van der Waals surface area contributed by atoms with E-state index in [-0.39, 0.29) is 5.76 Å². The number of hydrogen-bond donors (Lipinski definition) is 0. The van der Waals surface area contributed by atoms with Crippen molar-refractivity contribution in [3.63, 3.8) is 0 Å². The van der Waals surface area contributed by atoms with Crippen molar-refractivity contribution in [1.29, 1.82) is 0 Å². The second-order valence-corrected chi connectivity index (χ2v) is 5.07. The topological polar surface area (TPSA) is 26.0 Å². The summed E-state index contributed by atoms with van der Waals surface area (Å²) in [4.78, 5) is 1.97. The van der Waals surface area contributed by atoms with Crippen molar-refractivity contribution in [3.05, 3.63) is 28.3 Å². The van der Waals surface area contributed by atoms with Gasteiger partial charge in [-0.05, 0) is 26.0 Å². The van der Waals surface area contributed by atoms with Crippen LogP contribution in [0.4, 0.5) is 8.78 Å². The molecule has 2 nitrogen and oxygen atoms in total. The molecule has 0 fully saturated rings. The van der Waals surface area contributed by atoms with Crippen LogP contribution in [-0.4, -0.2) is 5.16 Å². The van der Waals surface area contributed by atoms with E-state index in [1.807, 2.05) is 19.1 Å². The predicted molar refractivity (Wildman–Crippen MR) is 58.9 cm³/mol. The average molecular weight is 243 g/mol. The van der Waals surface area contributed by atoms with Crippen molar-refractivity contribution in [3.8, 4) is 10.6 Å². The van der Waals surface area contributed by atoms with E-state index in [0.29, 0.717) is 11.3 Å². The smallest absolute Gasteiger partial charge is 0.304 e. The molecule has 0 unspecified atom stereocenters. The van der Waals surface area contributed by atoms with Crippen LogP contribution in [0.3, 0.4) is 0 Å². The molecule has 0 aromatic carbocycles.